The molecule has 3 heterocycles. The van der Waals surface area contributed by atoms with Crippen LogP contribution in [0.3, 0.4) is 0 Å². The lowest BCUT2D eigenvalue weighted by atomic mass is 10.1. The topological polar surface area (TPSA) is 76.3 Å². The highest BCUT2D eigenvalue weighted by Gasteiger charge is 2.31. The Hall–Kier alpha value is -3.02. The molecule has 2 aromatic heterocycles. The highest BCUT2D eigenvalue weighted by Crippen LogP contribution is 2.26. The van der Waals surface area contributed by atoms with E-state index in [4.69, 9.17) is 4.42 Å². The zero-order valence-corrected chi connectivity index (χ0v) is 14.7. The first-order valence-corrected chi connectivity index (χ1v) is 8.65. The van der Waals surface area contributed by atoms with Gasteiger partial charge in [0, 0.05) is 36.5 Å². The van der Waals surface area contributed by atoms with Gasteiger partial charge in [-0.3, -0.25) is 9.59 Å². The molecule has 1 saturated heterocycles. The minimum atomic E-state index is -0.264. The maximum Gasteiger partial charge on any atom is 0.289 e. The summed E-state index contributed by atoms with van der Waals surface area (Å²) in [5, 5.41) is 0.479. The molecule has 6 nitrogen and oxygen atoms in total. The van der Waals surface area contributed by atoms with Crippen molar-refractivity contribution in [3.8, 4) is 0 Å². The molecule has 0 aliphatic carbocycles. The van der Waals surface area contributed by atoms with E-state index in [1.54, 1.807) is 29.2 Å². The number of aromatic nitrogens is 2. The molecule has 1 amide bonds. The molecule has 6 heteroatoms. The van der Waals surface area contributed by atoms with E-state index >= 15 is 0 Å². The van der Waals surface area contributed by atoms with Crippen molar-refractivity contribution in [3.63, 3.8) is 0 Å². The van der Waals surface area contributed by atoms with Gasteiger partial charge in [0.15, 0.2) is 11.2 Å². The molecule has 0 bridgehead atoms. The van der Waals surface area contributed by atoms with E-state index in [2.05, 4.69) is 9.97 Å². The quantitative estimate of drug-likeness (QED) is 0.711. The van der Waals surface area contributed by atoms with Crippen LogP contribution in [0.2, 0.25) is 0 Å². The van der Waals surface area contributed by atoms with E-state index in [1.807, 2.05) is 19.9 Å². The van der Waals surface area contributed by atoms with Crippen LogP contribution in [0.5, 0.6) is 0 Å². The van der Waals surface area contributed by atoms with Gasteiger partial charge in [-0.05, 0) is 38.5 Å². The van der Waals surface area contributed by atoms with Gasteiger partial charge in [0.2, 0.25) is 0 Å². The predicted molar refractivity (Wildman–Crippen MR) is 97.3 cm³/mol. The average Bonchev–Trinajstić information content (AvgIpc) is 3.10. The number of nitrogens with zero attached hydrogens (tertiary/aromatic N) is 3. The van der Waals surface area contributed by atoms with Crippen molar-refractivity contribution < 1.29 is 9.21 Å². The number of para-hydroxylation sites is 1. The number of carbonyl (C=O) groups is 1. The lowest BCUT2D eigenvalue weighted by Gasteiger charge is -2.16. The molecular weight excluding hydrogens is 330 g/mol. The van der Waals surface area contributed by atoms with Gasteiger partial charge in [-0.1, -0.05) is 12.1 Å². The molecule has 0 spiro atoms. The largest absolute Gasteiger partial charge is 0.451 e. The number of rotatable bonds is 2. The van der Waals surface area contributed by atoms with Gasteiger partial charge in [-0.15, -0.1) is 0 Å². The number of hydrogen-bond donors (Lipinski definition) is 0. The molecule has 1 atom stereocenters. The highest BCUT2D eigenvalue weighted by molar-refractivity contribution is 5.93. The molecule has 1 fully saturated rings. The SMILES string of the molecule is Cc1cc(C)nc([C@@H]2CCN(C(=O)c3cc(=O)c4ccccc4o3)C2)n1. The van der Waals surface area contributed by atoms with Crippen molar-refractivity contribution >= 4 is 16.9 Å². The van der Waals surface area contributed by atoms with E-state index in [9.17, 15) is 9.59 Å². The fraction of sp³-hybridized carbons (Fsp3) is 0.300. The number of amides is 1. The van der Waals surface area contributed by atoms with Crippen molar-refractivity contribution in [2.45, 2.75) is 26.2 Å². The Morgan fingerprint density at radius 1 is 1.15 bits per heavy atom. The molecule has 0 N–H and O–H groups in total. The van der Waals surface area contributed by atoms with E-state index < -0.39 is 0 Å². The van der Waals surface area contributed by atoms with E-state index in [0.29, 0.717) is 24.1 Å². The van der Waals surface area contributed by atoms with Crippen molar-refractivity contribution in [1.29, 1.82) is 0 Å². The smallest absolute Gasteiger partial charge is 0.289 e. The summed E-state index contributed by atoms with van der Waals surface area (Å²) in [6.45, 7) is 5.01. The van der Waals surface area contributed by atoms with Crippen LogP contribution in [0.25, 0.3) is 11.0 Å². The lowest BCUT2D eigenvalue weighted by Crippen LogP contribution is -2.29. The minimum absolute atomic E-state index is 0.0793. The van der Waals surface area contributed by atoms with Gasteiger partial charge in [-0.25, -0.2) is 9.97 Å². The summed E-state index contributed by atoms with van der Waals surface area (Å²) in [4.78, 5) is 35.8. The Bertz CT molecular complexity index is 1040. The fourth-order valence-corrected chi connectivity index (χ4v) is 3.46. The van der Waals surface area contributed by atoms with E-state index in [1.165, 1.54) is 6.07 Å². The Kier molecular flexibility index (Phi) is 4.03. The van der Waals surface area contributed by atoms with Crippen LogP contribution in [0.1, 0.15) is 40.1 Å². The molecular formula is C20H19N3O3. The summed E-state index contributed by atoms with van der Waals surface area (Å²) in [5.74, 6) is 0.693. The van der Waals surface area contributed by atoms with Crippen molar-refractivity contribution in [2.75, 3.05) is 13.1 Å². The number of benzene rings is 1. The van der Waals surface area contributed by atoms with Gasteiger partial charge in [-0.2, -0.15) is 0 Å². The molecule has 26 heavy (non-hydrogen) atoms. The second-order valence-electron chi connectivity index (χ2n) is 6.72. The first-order valence-electron chi connectivity index (χ1n) is 8.65. The van der Waals surface area contributed by atoms with Gasteiger partial charge >= 0.3 is 0 Å². The van der Waals surface area contributed by atoms with Gasteiger partial charge in [0.1, 0.15) is 11.4 Å². The van der Waals surface area contributed by atoms with E-state index in [0.717, 1.165) is 23.6 Å². The molecule has 1 aliphatic rings. The molecule has 132 valence electrons. The summed E-state index contributed by atoms with van der Waals surface area (Å²) in [6, 6.07) is 10.2. The molecule has 1 aliphatic heterocycles. The van der Waals surface area contributed by atoms with Crippen molar-refractivity contribution in [2.24, 2.45) is 0 Å². The summed E-state index contributed by atoms with van der Waals surface area (Å²) in [7, 11) is 0. The standard InChI is InChI=1S/C20H19N3O3/c1-12-9-13(2)22-19(21-12)14-7-8-23(11-14)20(25)18-10-16(24)15-5-3-4-6-17(15)26-18/h3-6,9-10,14H,7-8,11H2,1-2H3/t14-/m1/s1. The van der Waals surface area contributed by atoms with Gasteiger partial charge in [0.25, 0.3) is 5.91 Å². The monoisotopic (exact) mass is 349 g/mol. The third-order valence-corrected chi connectivity index (χ3v) is 4.69. The molecule has 0 unspecified atom stereocenters. The van der Waals surface area contributed by atoms with Crippen molar-refractivity contribution in [3.05, 3.63) is 69.6 Å². The molecule has 1 aromatic carbocycles. The first-order chi connectivity index (χ1) is 12.5. The van der Waals surface area contributed by atoms with Crippen LogP contribution in [-0.2, 0) is 0 Å². The number of fused-ring (bicyclic) bond motifs is 1. The number of carbonyl (C=O) groups excluding carboxylic acids is 1. The first kappa shape index (κ1) is 16.4. The molecule has 0 saturated carbocycles. The zero-order valence-electron chi connectivity index (χ0n) is 14.7. The van der Waals surface area contributed by atoms with Crippen LogP contribution < -0.4 is 5.43 Å². The predicted octanol–water partition coefficient (Wildman–Crippen LogP) is 2.83. The summed E-state index contributed by atoms with van der Waals surface area (Å²) in [6.07, 6.45) is 0.798. The number of likely N-dealkylation sites (tertiary alicyclic amines) is 1. The van der Waals surface area contributed by atoms with E-state index in [-0.39, 0.29) is 23.0 Å². The molecule has 4 rings (SSSR count). The Labute approximate surface area is 150 Å². The van der Waals surface area contributed by atoms with Crippen LogP contribution in [0.15, 0.2) is 45.6 Å². The number of hydrogen-bond acceptors (Lipinski definition) is 5. The summed E-state index contributed by atoms with van der Waals surface area (Å²) in [5.41, 5.74) is 2.08. The zero-order chi connectivity index (χ0) is 18.3. The highest BCUT2D eigenvalue weighted by atomic mass is 16.3. The molecule has 3 aromatic rings. The lowest BCUT2D eigenvalue weighted by molar-refractivity contribution is 0.0759. The maximum atomic E-state index is 12.8. The Morgan fingerprint density at radius 2 is 1.88 bits per heavy atom. The second kappa shape index (κ2) is 6.37. The number of aryl methyl sites for hydroxylation is 2. The van der Waals surface area contributed by atoms with Crippen LogP contribution in [-0.4, -0.2) is 33.9 Å². The van der Waals surface area contributed by atoms with Crippen LogP contribution >= 0.6 is 0 Å². The van der Waals surface area contributed by atoms with Crippen LogP contribution in [0, 0.1) is 13.8 Å². The van der Waals surface area contributed by atoms with Crippen LogP contribution in [0.4, 0.5) is 0 Å². The Balaban J connectivity index is 1.59. The average molecular weight is 349 g/mol. The summed E-state index contributed by atoms with van der Waals surface area (Å²) < 4.78 is 5.67. The Morgan fingerprint density at radius 3 is 2.65 bits per heavy atom. The van der Waals surface area contributed by atoms with Gasteiger partial charge in [0.05, 0.1) is 5.39 Å². The maximum absolute atomic E-state index is 12.8. The van der Waals surface area contributed by atoms with Crippen molar-refractivity contribution in [1.82, 2.24) is 14.9 Å². The normalized spacial score (nSPS) is 17.0. The fourth-order valence-electron chi connectivity index (χ4n) is 3.46. The summed E-state index contributed by atoms with van der Waals surface area (Å²) >= 11 is 0. The molecule has 0 radical (unpaired) electrons. The third-order valence-electron chi connectivity index (χ3n) is 4.69. The second-order valence-corrected chi connectivity index (χ2v) is 6.72. The third kappa shape index (κ3) is 2.98. The van der Waals surface area contributed by atoms with Gasteiger partial charge < -0.3 is 9.32 Å². The minimum Gasteiger partial charge on any atom is -0.451 e.